The SMILES string of the molecule is CC(C)c1cccc(C(C)C)c1-n1c(-c2[c-]cccc2)nc2ccccc21.[2H]C([2H])([2H])c1cnc(-c2[c-]ccc3c2oc2ccccc23)cc1C([2H])(C)C.[Ir]. The fourth-order valence-electron chi connectivity index (χ4n) is 6.62. The number of aromatic nitrogens is 3. The summed E-state index contributed by atoms with van der Waals surface area (Å²) < 4.78 is 40.0. The summed E-state index contributed by atoms with van der Waals surface area (Å²) in [6.45, 7) is 10.1. The molecule has 0 aliphatic carbocycles. The third kappa shape index (κ3) is 6.94. The van der Waals surface area contributed by atoms with Crippen molar-refractivity contribution >= 4 is 33.0 Å². The average molecular weight is 850 g/mol. The largest absolute Gasteiger partial charge is 0.501 e. The smallest absolute Gasteiger partial charge is 0.120 e. The van der Waals surface area contributed by atoms with Crippen LogP contribution in [0.3, 0.4) is 0 Å². The third-order valence-corrected chi connectivity index (χ3v) is 9.11. The Balaban J connectivity index is 0.000000184. The number of pyridine rings is 1. The summed E-state index contributed by atoms with van der Waals surface area (Å²) in [7, 11) is 0. The molecule has 1 radical (unpaired) electrons. The molecule has 5 aromatic carbocycles. The number of hydrogen-bond acceptors (Lipinski definition) is 3. The minimum Gasteiger partial charge on any atom is -0.501 e. The summed E-state index contributed by atoms with van der Waals surface area (Å²) >= 11 is 0. The molecule has 3 heterocycles. The van der Waals surface area contributed by atoms with Gasteiger partial charge in [0.25, 0.3) is 0 Å². The molecule has 4 nitrogen and oxygen atoms in total. The molecule has 8 rings (SSSR count). The standard InChI is InChI=1S/C25H25N2.C21H18NO.Ir/c1-17(2)20-13-10-14-21(18(3)4)24(20)27-23-16-9-8-15-22(23)26-25(27)19-11-6-5-7-12-19;1-13(2)18-11-19(22-12-14(18)3)17-9-6-8-16-15-7-4-5-10-20(15)23-21(16)17;/h5-11,13-18H,1-4H3;4-8,10-13H,1-3H3;/q2*-1;/i;3D3,13D;. The molecule has 0 N–H and O–H groups in total. The summed E-state index contributed by atoms with van der Waals surface area (Å²) in [6.07, 6.45) is 1.35. The third-order valence-electron chi connectivity index (χ3n) is 9.11. The van der Waals surface area contributed by atoms with E-state index in [1.54, 1.807) is 19.9 Å². The second-order valence-corrected chi connectivity index (χ2v) is 13.4. The van der Waals surface area contributed by atoms with Gasteiger partial charge in [0.05, 0.1) is 22.4 Å². The van der Waals surface area contributed by atoms with Gasteiger partial charge < -0.3 is 14.0 Å². The zero-order valence-electron chi connectivity index (χ0n) is 33.7. The van der Waals surface area contributed by atoms with E-state index in [0.717, 1.165) is 38.8 Å². The number of para-hydroxylation sites is 4. The first kappa shape index (κ1) is 30.9. The second-order valence-electron chi connectivity index (χ2n) is 13.4. The molecule has 5 heteroatoms. The minimum atomic E-state index is -2.33. The molecule has 0 amide bonds. The maximum atomic E-state index is 8.39. The van der Waals surface area contributed by atoms with Gasteiger partial charge in [0.15, 0.2) is 0 Å². The Morgan fingerprint density at radius 3 is 2.18 bits per heavy atom. The van der Waals surface area contributed by atoms with Gasteiger partial charge in [-0.15, -0.1) is 54.1 Å². The van der Waals surface area contributed by atoms with Crippen molar-refractivity contribution in [2.45, 2.75) is 66.1 Å². The van der Waals surface area contributed by atoms with Crippen molar-refractivity contribution in [2.75, 3.05) is 0 Å². The zero-order chi connectivity index (χ0) is 38.4. The first-order chi connectivity index (χ1) is 25.7. The van der Waals surface area contributed by atoms with Crippen LogP contribution < -0.4 is 0 Å². The van der Waals surface area contributed by atoms with Crippen molar-refractivity contribution in [3.05, 3.63) is 150 Å². The number of rotatable bonds is 6. The predicted octanol–water partition coefficient (Wildman–Crippen LogP) is 12.6. The van der Waals surface area contributed by atoms with E-state index in [4.69, 9.17) is 14.9 Å². The molecular formula is C46H43IrN3O-2. The molecule has 51 heavy (non-hydrogen) atoms. The Morgan fingerprint density at radius 1 is 0.745 bits per heavy atom. The monoisotopic (exact) mass is 850 g/mol. The first-order valence-corrected chi connectivity index (χ1v) is 17.1. The van der Waals surface area contributed by atoms with Gasteiger partial charge in [-0.05, 0) is 70.7 Å². The number of furan rings is 1. The van der Waals surface area contributed by atoms with Gasteiger partial charge in [0.2, 0.25) is 0 Å². The number of fused-ring (bicyclic) bond motifs is 4. The maximum absolute atomic E-state index is 8.39. The topological polar surface area (TPSA) is 43.9 Å². The van der Waals surface area contributed by atoms with Crippen LogP contribution in [0.5, 0.6) is 0 Å². The van der Waals surface area contributed by atoms with E-state index < -0.39 is 12.7 Å². The molecule has 0 aliphatic rings. The molecule has 0 bridgehead atoms. The van der Waals surface area contributed by atoms with Gasteiger partial charge in [-0.3, -0.25) is 4.98 Å². The molecular weight excluding hydrogens is 803 g/mol. The summed E-state index contributed by atoms with van der Waals surface area (Å²) in [5.41, 5.74) is 10.3. The summed E-state index contributed by atoms with van der Waals surface area (Å²) in [5.74, 6) is 0.718. The van der Waals surface area contributed by atoms with Crippen LogP contribution in [0.15, 0.2) is 120 Å². The number of nitrogens with zero attached hydrogens (tertiary/aromatic N) is 3. The summed E-state index contributed by atoms with van der Waals surface area (Å²) in [6, 6.07) is 42.9. The van der Waals surface area contributed by atoms with Crippen molar-refractivity contribution < 1.29 is 30.0 Å². The molecule has 0 fully saturated rings. The molecule has 0 atom stereocenters. The van der Waals surface area contributed by atoms with E-state index in [1.807, 2.05) is 54.6 Å². The average Bonchev–Trinajstić information content (AvgIpc) is 3.73. The Kier molecular flexibility index (Phi) is 9.22. The van der Waals surface area contributed by atoms with E-state index in [-0.39, 0.29) is 25.7 Å². The van der Waals surface area contributed by atoms with Crippen LogP contribution in [0, 0.1) is 19.0 Å². The van der Waals surface area contributed by atoms with Gasteiger partial charge >= 0.3 is 0 Å². The van der Waals surface area contributed by atoms with Gasteiger partial charge in [0.1, 0.15) is 5.58 Å². The van der Waals surface area contributed by atoms with Crippen LogP contribution in [0.4, 0.5) is 0 Å². The first-order valence-electron chi connectivity index (χ1n) is 19.1. The Morgan fingerprint density at radius 2 is 1.47 bits per heavy atom. The van der Waals surface area contributed by atoms with Gasteiger partial charge in [-0.25, -0.2) is 0 Å². The van der Waals surface area contributed by atoms with Crippen molar-refractivity contribution in [3.63, 3.8) is 0 Å². The quantitative estimate of drug-likeness (QED) is 0.157. The van der Waals surface area contributed by atoms with Crippen LogP contribution in [-0.4, -0.2) is 14.5 Å². The van der Waals surface area contributed by atoms with Gasteiger partial charge in [0, 0.05) is 42.9 Å². The molecule has 259 valence electrons. The fourth-order valence-corrected chi connectivity index (χ4v) is 6.62. The van der Waals surface area contributed by atoms with E-state index >= 15 is 0 Å². The van der Waals surface area contributed by atoms with Crippen LogP contribution in [0.25, 0.3) is 61.3 Å². The number of hydrogen-bond donors (Lipinski definition) is 0. The number of imidazole rings is 1. The molecule has 3 aromatic heterocycles. The van der Waals surface area contributed by atoms with Gasteiger partial charge in [-0.1, -0.05) is 107 Å². The molecule has 0 aliphatic heterocycles. The van der Waals surface area contributed by atoms with Gasteiger partial charge in [-0.2, -0.15) is 0 Å². The fraction of sp³-hybridized carbons (Fsp3) is 0.217. The van der Waals surface area contributed by atoms with E-state index in [2.05, 4.69) is 97.9 Å². The van der Waals surface area contributed by atoms with Crippen LogP contribution in [-0.2, 0) is 20.1 Å². The van der Waals surface area contributed by atoms with E-state index in [0.29, 0.717) is 34.2 Å². The molecule has 0 unspecified atom stereocenters. The Hall–Kier alpha value is -4.83. The molecule has 0 saturated carbocycles. The zero-order valence-corrected chi connectivity index (χ0v) is 32.1. The summed E-state index contributed by atoms with van der Waals surface area (Å²) in [5, 5.41) is 1.95. The van der Waals surface area contributed by atoms with Crippen molar-refractivity contribution in [1.29, 1.82) is 0 Å². The van der Waals surface area contributed by atoms with Crippen molar-refractivity contribution in [3.8, 4) is 28.3 Å². The summed E-state index contributed by atoms with van der Waals surface area (Å²) in [4.78, 5) is 9.37. The predicted molar refractivity (Wildman–Crippen MR) is 208 cm³/mol. The van der Waals surface area contributed by atoms with Crippen LogP contribution in [0.1, 0.15) is 87.0 Å². The van der Waals surface area contributed by atoms with Crippen LogP contribution in [0.2, 0.25) is 0 Å². The Labute approximate surface area is 320 Å². The van der Waals surface area contributed by atoms with Crippen LogP contribution >= 0.6 is 0 Å². The second kappa shape index (κ2) is 15.2. The number of benzene rings is 5. The van der Waals surface area contributed by atoms with Crippen molar-refractivity contribution in [2.24, 2.45) is 0 Å². The molecule has 0 saturated heterocycles. The number of aryl methyl sites for hydroxylation is 1. The normalized spacial score (nSPS) is 13.0. The van der Waals surface area contributed by atoms with Crippen molar-refractivity contribution in [1.82, 2.24) is 14.5 Å². The van der Waals surface area contributed by atoms with E-state index in [9.17, 15) is 0 Å². The maximum Gasteiger partial charge on any atom is 0.120 e. The minimum absolute atomic E-state index is 0. The molecule has 8 aromatic rings. The molecule has 0 spiro atoms. The van der Waals surface area contributed by atoms with E-state index in [1.165, 1.54) is 23.0 Å². The Bertz CT molecular complexity index is 2570.